The van der Waals surface area contributed by atoms with Gasteiger partial charge in [-0.15, -0.1) is 0 Å². The van der Waals surface area contributed by atoms with Gasteiger partial charge in [0, 0.05) is 6.20 Å². The Labute approximate surface area is 107 Å². The van der Waals surface area contributed by atoms with Gasteiger partial charge in [-0.25, -0.2) is 4.79 Å². The lowest BCUT2D eigenvalue weighted by Gasteiger charge is -2.12. The highest BCUT2D eigenvalue weighted by Crippen LogP contribution is 2.18. The summed E-state index contributed by atoms with van der Waals surface area (Å²) in [5.41, 5.74) is -0.966. The molecular weight excluding hydrogens is 256 g/mol. The van der Waals surface area contributed by atoms with Crippen molar-refractivity contribution in [2.24, 2.45) is 0 Å². The van der Waals surface area contributed by atoms with E-state index < -0.39 is 23.8 Å². The van der Waals surface area contributed by atoms with Gasteiger partial charge >= 0.3 is 5.69 Å². The SMILES string of the molecule is O=c1[nH]c(=O)n([C@H]2CO[C@@H](CO)O2)cc1/C=C/CO. The molecule has 0 spiro atoms. The van der Waals surface area contributed by atoms with Crippen LogP contribution in [0.3, 0.4) is 0 Å². The minimum absolute atomic E-state index is 0.0976. The second-order valence-corrected chi connectivity index (χ2v) is 3.87. The first-order valence-corrected chi connectivity index (χ1v) is 5.66. The van der Waals surface area contributed by atoms with Crippen LogP contribution in [0, 0.1) is 0 Å². The van der Waals surface area contributed by atoms with E-state index >= 15 is 0 Å². The zero-order chi connectivity index (χ0) is 13.8. The normalized spacial score (nSPS) is 23.3. The lowest BCUT2D eigenvalue weighted by atomic mass is 10.3. The molecule has 0 bridgehead atoms. The summed E-state index contributed by atoms with van der Waals surface area (Å²) in [6, 6.07) is 0. The molecule has 3 N–H and O–H groups in total. The topological polar surface area (TPSA) is 114 Å². The van der Waals surface area contributed by atoms with Gasteiger partial charge in [-0.2, -0.15) is 0 Å². The third-order valence-electron chi connectivity index (χ3n) is 2.59. The predicted octanol–water partition coefficient (Wildman–Crippen LogP) is -1.59. The van der Waals surface area contributed by atoms with E-state index in [-0.39, 0.29) is 25.4 Å². The molecule has 1 aromatic heterocycles. The van der Waals surface area contributed by atoms with Crippen molar-refractivity contribution in [2.45, 2.75) is 12.5 Å². The molecule has 0 radical (unpaired) electrons. The van der Waals surface area contributed by atoms with E-state index in [0.717, 1.165) is 0 Å². The summed E-state index contributed by atoms with van der Waals surface area (Å²) < 4.78 is 11.5. The Morgan fingerprint density at radius 3 is 2.89 bits per heavy atom. The number of rotatable bonds is 4. The molecule has 1 aromatic rings. The van der Waals surface area contributed by atoms with Gasteiger partial charge in [0.2, 0.25) is 0 Å². The maximum atomic E-state index is 11.7. The van der Waals surface area contributed by atoms with Crippen LogP contribution in [-0.4, -0.2) is 45.9 Å². The Balaban J connectivity index is 2.33. The van der Waals surface area contributed by atoms with E-state index in [1.54, 1.807) is 0 Å². The van der Waals surface area contributed by atoms with E-state index in [1.807, 2.05) is 0 Å². The van der Waals surface area contributed by atoms with Gasteiger partial charge in [-0.3, -0.25) is 14.3 Å². The Kier molecular flexibility index (Phi) is 4.27. The summed E-state index contributed by atoms with van der Waals surface area (Å²) in [5.74, 6) is 0. The Hall–Kier alpha value is -1.74. The Morgan fingerprint density at radius 2 is 2.26 bits per heavy atom. The molecule has 1 aliphatic heterocycles. The zero-order valence-corrected chi connectivity index (χ0v) is 9.98. The minimum atomic E-state index is -0.778. The smallest absolute Gasteiger partial charge is 0.330 e. The molecule has 0 aromatic carbocycles. The van der Waals surface area contributed by atoms with Crippen molar-refractivity contribution >= 4 is 6.08 Å². The standard InChI is InChI=1S/C11H14N2O6/c14-3-1-2-7-4-13(11(17)12-10(7)16)8-6-18-9(5-15)19-8/h1-2,4,8-9,14-15H,3,5-6H2,(H,12,16,17)/b2-1+/t8-,9-/m1/s1. The Morgan fingerprint density at radius 1 is 1.47 bits per heavy atom. The quantitative estimate of drug-likeness (QED) is 0.607. The van der Waals surface area contributed by atoms with Crippen LogP contribution in [0.25, 0.3) is 6.08 Å². The molecule has 2 rings (SSSR count). The number of aliphatic hydroxyl groups excluding tert-OH is 2. The van der Waals surface area contributed by atoms with Crippen molar-refractivity contribution in [3.8, 4) is 0 Å². The molecule has 8 heteroatoms. The van der Waals surface area contributed by atoms with Crippen LogP contribution >= 0.6 is 0 Å². The molecule has 0 aliphatic carbocycles. The van der Waals surface area contributed by atoms with Gasteiger partial charge in [-0.05, 0) is 6.08 Å². The van der Waals surface area contributed by atoms with Crippen molar-refractivity contribution < 1.29 is 19.7 Å². The van der Waals surface area contributed by atoms with Gasteiger partial charge in [0.25, 0.3) is 5.56 Å². The molecule has 0 unspecified atom stereocenters. The first-order chi connectivity index (χ1) is 9.15. The summed E-state index contributed by atoms with van der Waals surface area (Å²) in [7, 11) is 0. The molecule has 1 aliphatic rings. The van der Waals surface area contributed by atoms with E-state index in [9.17, 15) is 9.59 Å². The van der Waals surface area contributed by atoms with Crippen LogP contribution < -0.4 is 11.2 Å². The van der Waals surface area contributed by atoms with Gasteiger partial charge < -0.3 is 19.7 Å². The van der Waals surface area contributed by atoms with Crippen molar-refractivity contribution in [3.63, 3.8) is 0 Å². The van der Waals surface area contributed by atoms with Crippen LogP contribution in [0.15, 0.2) is 21.9 Å². The predicted molar refractivity (Wildman–Crippen MR) is 64.4 cm³/mol. The Bertz CT molecular complexity index is 575. The van der Waals surface area contributed by atoms with E-state index in [4.69, 9.17) is 19.7 Å². The lowest BCUT2D eigenvalue weighted by Crippen LogP contribution is -2.34. The molecule has 8 nitrogen and oxygen atoms in total. The van der Waals surface area contributed by atoms with Crippen LogP contribution in [0.4, 0.5) is 0 Å². The van der Waals surface area contributed by atoms with E-state index in [0.29, 0.717) is 0 Å². The summed E-state index contributed by atoms with van der Waals surface area (Å²) in [4.78, 5) is 25.4. The summed E-state index contributed by atoms with van der Waals surface area (Å²) >= 11 is 0. The minimum Gasteiger partial charge on any atom is -0.392 e. The fourth-order valence-corrected chi connectivity index (χ4v) is 1.70. The van der Waals surface area contributed by atoms with Crippen LogP contribution in [0.2, 0.25) is 0 Å². The molecule has 2 heterocycles. The number of nitrogens with zero attached hydrogens (tertiary/aromatic N) is 1. The molecule has 0 amide bonds. The van der Waals surface area contributed by atoms with Crippen molar-refractivity contribution in [3.05, 3.63) is 38.7 Å². The fourth-order valence-electron chi connectivity index (χ4n) is 1.70. The first-order valence-electron chi connectivity index (χ1n) is 5.66. The monoisotopic (exact) mass is 270 g/mol. The van der Waals surface area contributed by atoms with Crippen molar-refractivity contribution in [2.75, 3.05) is 19.8 Å². The number of aliphatic hydroxyl groups is 2. The number of aromatic amines is 1. The van der Waals surface area contributed by atoms with Gasteiger partial charge in [0.1, 0.15) is 0 Å². The highest BCUT2D eigenvalue weighted by molar-refractivity contribution is 5.46. The molecule has 0 saturated carbocycles. The van der Waals surface area contributed by atoms with Crippen LogP contribution in [0.5, 0.6) is 0 Å². The number of hydrogen-bond donors (Lipinski definition) is 3. The molecule has 104 valence electrons. The average molecular weight is 270 g/mol. The first kappa shape index (κ1) is 13.7. The second kappa shape index (κ2) is 5.93. The largest absolute Gasteiger partial charge is 0.392 e. The number of nitrogens with one attached hydrogen (secondary N) is 1. The third kappa shape index (κ3) is 2.99. The van der Waals surface area contributed by atoms with Crippen molar-refractivity contribution in [1.29, 1.82) is 0 Å². The maximum Gasteiger partial charge on any atom is 0.330 e. The van der Waals surface area contributed by atoms with Gasteiger partial charge in [0.05, 0.1) is 25.4 Å². The molecule has 1 saturated heterocycles. The number of hydrogen-bond acceptors (Lipinski definition) is 6. The highest BCUT2D eigenvalue weighted by Gasteiger charge is 2.27. The summed E-state index contributed by atoms with van der Waals surface area (Å²) in [6.07, 6.45) is 2.61. The third-order valence-corrected chi connectivity index (χ3v) is 2.59. The summed E-state index contributed by atoms with van der Waals surface area (Å²) in [5, 5.41) is 17.6. The molecule has 2 atom stereocenters. The van der Waals surface area contributed by atoms with E-state index in [2.05, 4.69) is 4.98 Å². The molecular formula is C11H14N2O6. The fraction of sp³-hybridized carbons (Fsp3) is 0.455. The zero-order valence-electron chi connectivity index (χ0n) is 9.98. The lowest BCUT2D eigenvalue weighted by molar-refractivity contribution is -0.0993. The number of aromatic nitrogens is 2. The van der Waals surface area contributed by atoms with Gasteiger partial charge in [-0.1, -0.05) is 6.08 Å². The number of H-pyrrole nitrogens is 1. The van der Waals surface area contributed by atoms with E-state index in [1.165, 1.54) is 22.9 Å². The van der Waals surface area contributed by atoms with Crippen LogP contribution in [0.1, 0.15) is 11.8 Å². The summed E-state index contributed by atoms with van der Waals surface area (Å²) in [6.45, 7) is -0.430. The number of ether oxygens (including phenoxy) is 2. The maximum absolute atomic E-state index is 11.7. The average Bonchev–Trinajstić information content (AvgIpc) is 2.86. The van der Waals surface area contributed by atoms with Gasteiger partial charge in [0.15, 0.2) is 12.5 Å². The van der Waals surface area contributed by atoms with Crippen LogP contribution in [-0.2, 0) is 9.47 Å². The van der Waals surface area contributed by atoms with Crippen molar-refractivity contribution in [1.82, 2.24) is 9.55 Å². The highest BCUT2D eigenvalue weighted by atomic mass is 16.7. The second-order valence-electron chi connectivity index (χ2n) is 3.87. The molecule has 19 heavy (non-hydrogen) atoms. The molecule has 1 fully saturated rings.